The normalized spacial score (nSPS) is 9.94. The fraction of sp³-hybridized carbons (Fsp3) is 0.333. The molecule has 0 amide bonds. The van der Waals surface area contributed by atoms with E-state index >= 15 is 0 Å². The minimum absolute atomic E-state index is 0.217. The maximum absolute atomic E-state index is 11.0. The van der Waals surface area contributed by atoms with Gasteiger partial charge >= 0.3 is 5.97 Å². The van der Waals surface area contributed by atoms with Crippen LogP contribution in [-0.2, 0) is 0 Å². The van der Waals surface area contributed by atoms with Crippen molar-refractivity contribution >= 4 is 11.8 Å². The molecule has 0 aliphatic heterocycles. The third-order valence-corrected chi connectivity index (χ3v) is 2.11. The number of hydrogen-bond acceptors (Lipinski definition) is 3. The Bertz CT molecular complexity index is 427. The number of aromatic carboxylic acids is 1. The average Bonchev–Trinajstić information content (AvgIpc) is 2.15. The van der Waals surface area contributed by atoms with Gasteiger partial charge in [-0.3, -0.25) is 0 Å². The Labute approximate surface area is 95.2 Å². The van der Waals surface area contributed by atoms with E-state index in [4.69, 9.17) is 5.11 Å². The number of carboxylic acid groups (broad SMARTS) is 1. The molecule has 0 saturated heterocycles. The van der Waals surface area contributed by atoms with Crippen molar-refractivity contribution in [1.29, 1.82) is 0 Å². The van der Waals surface area contributed by atoms with Crippen molar-refractivity contribution in [3.63, 3.8) is 0 Å². The Balaban J connectivity index is 3.13. The maximum Gasteiger partial charge on any atom is 0.339 e. The van der Waals surface area contributed by atoms with Crippen molar-refractivity contribution in [2.24, 2.45) is 0 Å². The topological polar surface area (TPSA) is 53.4 Å². The second-order valence-electron chi connectivity index (χ2n) is 3.94. The molecule has 1 rings (SSSR count). The summed E-state index contributed by atoms with van der Waals surface area (Å²) >= 11 is 0. The van der Waals surface area contributed by atoms with Crippen molar-refractivity contribution in [3.8, 4) is 0 Å². The van der Waals surface area contributed by atoms with E-state index in [1.54, 1.807) is 17.0 Å². The van der Waals surface area contributed by atoms with Crippen molar-refractivity contribution in [2.75, 3.05) is 18.5 Å². The number of anilines is 1. The van der Waals surface area contributed by atoms with Gasteiger partial charge in [0.1, 0.15) is 11.4 Å². The molecule has 4 heteroatoms. The largest absolute Gasteiger partial charge is 0.478 e. The summed E-state index contributed by atoms with van der Waals surface area (Å²) in [5.41, 5.74) is 1.98. The number of pyridine rings is 1. The third kappa shape index (κ3) is 2.82. The highest BCUT2D eigenvalue weighted by Gasteiger charge is 2.15. The minimum atomic E-state index is -0.962. The van der Waals surface area contributed by atoms with E-state index in [0.29, 0.717) is 12.4 Å². The molecule has 16 heavy (non-hydrogen) atoms. The Morgan fingerprint density at radius 1 is 1.56 bits per heavy atom. The van der Waals surface area contributed by atoms with Crippen LogP contribution in [0.1, 0.15) is 23.0 Å². The van der Waals surface area contributed by atoms with Crippen LogP contribution in [0.25, 0.3) is 0 Å². The van der Waals surface area contributed by atoms with Crippen LogP contribution < -0.4 is 4.90 Å². The highest BCUT2D eigenvalue weighted by atomic mass is 16.4. The van der Waals surface area contributed by atoms with Crippen LogP contribution in [0.15, 0.2) is 24.3 Å². The fourth-order valence-corrected chi connectivity index (χ4v) is 1.48. The molecule has 1 aromatic rings. The predicted octanol–water partition coefficient (Wildman–Crippen LogP) is 2.10. The molecule has 0 fully saturated rings. The van der Waals surface area contributed by atoms with E-state index in [2.05, 4.69) is 11.6 Å². The van der Waals surface area contributed by atoms with Gasteiger partial charge in [0.2, 0.25) is 0 Å². The van der Waals surface area contributed by atoms with Gasteiger partial charge in [0.05, 0.1) is 0 Å². The first-order valence-electron chi connectivity index (χ1n) is 4.98. The van der Waals surface area contributed by atoms with Crippen LogP contribution in [0, 0.1) is 6.92 Å². The van der Waals surface area contributed by atoms with Gasteiger partial charge in [0.25, 0.3) is 0 Å². The molecule has 0 atom stereocenters. The van der Waals surface area contributed by atoms with Crippen molar-refractivity contribution in [2.45, 2.75) is 13.8 Å². The van der Waals surface area contributed by atoms with Gasteiger partial charge in [0.15, 0.2) is 0 Å². The highest BCUT2D eigenvalue weighted by Crippen LogP contribution is 2.18. The fourth-order valence-electron chi connectivity index (χ4n) is 1.48. The average molecular weight is 220 g/mol. The summed E-state index contributed by atoms with van der Waals surface area (Å²) in [7, 11) is 1.81. The second-order valence-corrected chi connectivity index (χ2v) is 3.94. The van der Waals surface area contributed by atoms with E-state index in [9.17, 15) is 4.79 Å². The molecule has 1 heterocycles. The van der Waals surface area contributed by atoms with E-state index in [1.165, 1.54) is 0 Å². The van der Waals surface area contributed by atoms with E-state index in [1.807, 2.05) is 20.9 Å². The summed E-state index contributed by atoms with van der Waals surface area (Å²) in [6, 6.07) is 3.27. The van der Waals surface area contributed by atoms with Crippen molar-refractivity contribution in [3.05, 3.63) is 35.5 Å². The minimum Gasteiger partial charge on any atom is -0.478 e. The van der Waals surface area contributed by atoms with E-state index in [0.717, 1.165) is 11.3 Å². The predicted molar refractivity (Wildman–Crippen MR) is 64.0 cm³/mol. The third-order valence-electron chi connectivity index (χ3n) is 2.11. The maximum atomic E-state index is 11.0. The van der Waals surface area contributed by atoms with Crippen molar-refractivity contribution < 1.29 is 9.90 Å². The molecular weight excluding hydrogens is 204 g/mol. The van der Waals surface area contributed by atoms with Gasteiger partial charge in [-0.15, -0.1) is 0 Å². The van der Waals surface area contributed by atoms with Gasteiger partial charge in [-0.2, -0.15) is 0 Å². The van der Waals surface area contributed by atoms with Crippen LogP contribution in [0.5, 0.6) is 0 Å². The Kier molecular flexibility index (Phi) is 3.66. The SMILES string of the molecule is C=C(C)CN(C)c1nc(C)ccc1C(=O)O. The molecule has 0 saturated carbocycles. The number of likely N-dealkylation sites (N-methyl/N-ethyl adjacent to an activating group) is 1. The number of hydrogen-bond donors (Lipinski definition) is 1. The summed E-state index contributed by atoms with van der Waals surface area (Å²) in [6.07, 6.45) is 0. The van der Waals surface area contributed by atoms with Crippen LogP contribution in [0.2, 0.25) is 0 Å². The number of carbonyl (C=O) groups is 1. The first kappa shape index (κ1) is 12.2. The molecular formula is C12H16N2O2. The Morgan fingerprint density at radius 2 is 2.19 bits per heavy atom. The van der Waals surface area contributed by atoms with Crippen LogP contribution >= 0.6 is 0 Å². The van der Waals surface area contributed by atoms with Gasteiger partial charge in [-0.05, 0) is 26.0 Å². The molecule has 0 aliphatic rings. The lowest BCUT2D eigenvalue weighted by Crippen LogP contribution is -2.23. The first-order chi connectivity index (χ1) is 7.41. The molecule has 86 valence electrons. The Morgan fingerprint density at radius 3 is 2.69 bits per heavy atom. The smallest absolute Gasteiger partial charge is 0.339 e. The molecule has 0 spiro atoms. The highest BCUT2D eigenvalue weighted by molar-refractivity contribution is 5.93. The molecule has 0 aliphatic carbocycles. The lowest BCUT2D eigenvalue weighted by molar-refractivity contribution is 0.0697. The number of aryl methyl sites for hydroxylation is 1. The quantitative estimate of drug-likeness (QED) is 0.789. The molecule has 0 aromatic carbocycles. The van der Waals surface area contributed by atoms with Crippen LogP contribution in [0.3, 0.4) is 0 Å². The van der Waals surface area contributed by atoms with E-state index in [-0.39, 0.29) is 5.56 Å². The summed E-state index contributed by atoms with van der Waals surface area (Å²) in [5, 5.41) is 9.05. The molecule has 0 unspecified atom stereocenters. The summed E-state index contributed by atoms with van der Waals surface area (Å²) in [5.74, 6) is -0.480. The number of aromatic nitrogens is 1. The summed E-state index contributed by atoms with van der Waals surface area (Å²) < 4.78 is 0. The van der Waals surface area contributed by atoms with Crippen LogP contribution in [-0.4, -0.2) is 29.7 Å². The van der Waals surface area contributed by atoms with Gasteiger partial charge in [-0.1, -0.05) is 12.2 Å². The van der Waals surface area contributed by atoms with Gasteiger partial charge < -0.3 is 10.0 Å². The standard InChI is InChI=1S/C12H16N2O2/c1-8(2)7-14(4)11-10(12(15)16)6-5-9(3)13-11/h5-6H,1,7H2,2-4H3,(H,15,16). The van der Waals surface area contributed by atoms with Gasteiger partial charge in [0, 0.05) is 19.3 Å². The lowest BCUT2D eigenvalue weighted by atomic mass is 10.2. The molecule has 0 radical (unpaired) electrons. The molecule has 0 bridgehead atoms. The zero-order valence-corrected chi connectivity index (χ0v) is 9.82. The van der Waals surface area contributed by atoms with Crippen molar-refractivity contribution in [1.82, 2.24) is 4.98 Å². The summed E-state index contributed by atoms with van der Waals surface area (Å²) in [4.78, 5) is 17.1. The molecule has 1 aromatic heterocycles. The molecule has 1 N–H and O–H groups in total. The molecule has 4 nitrogen and oxygen atoms in total. The number of rotatable bonds is 4. The lowest BCUT2D eigenvalue weighted by Gasteiger charge is -2.20. The monoisotopic (exact) mass is 220 g/mol. The van der Waals surface area contributed by atoms with Crippen LogP contribution in [0.4, 0.5) is 5.82 Å². The Hall–Kier alpha value is -1.84. The number of nitrogens with zero attached hydrogens (tertiary/aromatic N) is 2. The van der Waals surface area contributed by atoms with Gasteiger partial charge in [-0.25, -0.2) is 9.78 Å². The number of carboxylic acids is 1. The zero-order valence-electron chi connectivity index (χ0n) is 9.82. The van der Waals surface area contributed by atoms with E-state index < -0.39 is 5.97 Å². The summed E-state index contributed by atoms with van der Waals surface area (Å²) in [6.45, 7) is 8.13. The first-order valence-corrected chi connectivity index (χ1v) is 4.98. The zero-order chi connectivity index (χ0) is 12.3. The second kappa shape index (κ2) is 4.79.